The van der Waals surface area contributed by atoms with E-state index in [1.54, 1.807) is 0 Å². The minimum Gasteiger partial charge on any atom is -0.338 e. The summed E-state index contributed by atoms with van der Waals surface area (Å²) in [6, 6.07) is -0.109. The van der Waals surface area contributed by atoms with Gasteiger partial charge in [-0.1, -0.05) is 22.5 Å². The van der Waals surface area contributed by atoms with Crippen molar-refractivity contribution in [1.29, 1.82) is 0 Å². The highest BCUT2D eigenvalue weighted by Gasteiger charge is 2.21. The summed E-state index contributed by atoms with van der Waals surface area (Å²) in [4.78, 5) is 11.0. The van der Waals surface area contributed by atoms with E-state index in [1.165, 1.54) is 12.8 Å². The molecule has 0 spiro atoms. The number of hydrogen-bond donors (Lipinski definition) is 2. The minimum absolute atomic E-state index is 0.109. The predicted molar refractivity (Wildman–Crippen MR) is 52.2 cm³/mol. The molecule has 0 atom stereocenters. The van der Waals surface area contributed by atoms with E-state index in [1.807, 2.05) is 0 Å². The van der Waals surface area contributed by atoms with Crippen LogP contribution >= 0.6 is 15.9 Å². The summed E-state index contributed by atoms with van der Waals surface area (Å²) < 4.78 is 0.782. The number of amides is 2. The second-order valence-electron chi connectivity index (χ2n) is 3.02. The molecule has 0 heterocycles. The topological polar surface area (TPSA) is 41.1 Å². The van der Waals surface area contributed by atoms with Crippen molar-refractivity contribution in [2.24, 2.45) is 5.92 Å². The number of carbonyl (C=O) groups is 1. The lowest BCUT2D eigenvalue weighted by Crippen LogP contribution is -2.37. The standard InChI is InChI=1S/C8H13BrN2O/c1-6(9)4-10-8(12)11-5-7-2-3-7/h7H,1-5H2,(H2,10,11,12). The molecule has 1 aliphatic carbocycles. The molecule has 0 aromatic carbocycles. The maximum Gasteiger partial charge on any atom is 0.315 e. The van der Waals surface area contributed by atoms with Crippen LogP contribution in [0, 0.1) is 5.92 Å². The van der Waals surface area contributed by atoms with Gasteiger partial charge in [0, 0.05) is 11.0 Å². The van der Waals surface area contributed by atoms with Crippen molar-refractivity contribution in [2.45, 2.75) is 12.8 Å². The lowest BCUT2D eigenvalue weighted by molar-refractivity contribution is 0.241. The highest BCUT2D eigenvalue weighted by atomic mass is 79.9. The summed E-state index contributed by atoms with van der Waals surface area (Å²) in [6.45, 7) is 4.90. The molecule has 0 saturated heterocycles. The van der Waals surface area contributed by atoms with Gasteiger partial charge in [0.05, 0.1) is 6.54 Å². The van der Waals surface area contributed by atoms with Crippen molar-refractivity contribution >= 4 is 22.0 Å². The third-order valence-corrected chi connectivity index (χ3v) is 1.97. The number of nitrogens with one attached hydrogen (secondary N) is 2. The molecule has 2 N–H and O–H groups in total. The third-order valence-electron chi connectivity index (χ3n) is 1.69. The molecular formula is C8H13BrN2O. The second-order valence-corrected chi connectivity index (χ2v) is 4.15. The van der Waals surface area contributed by atoms with Crippen molar-refractivity contribution < 1.29 is 4.79 Å². The summed E-state index contributed by atoms with van der Waals surface area (Å²) in [5, 5.41) is 5.46. The fourth-order valence-electron chi connectivity index (χ4n) is 0.798. The Kier molecular flexibility index (Phi) is 3.59. The molecule has 0 aromatic heterocycles. The van der Waals surface area contributed by atoms with E-state index in [0.717, 1.165) is 16.9 Å². The molecule has 1 saturated carbocycles. The second kappa shape index (κ2) is 4.50. The molecular weight excluding hydrogens is 220 g/mol. The van der Waals surface area contributed by atoms with E-state index in [0.29, 0.717) is 6.54 Å². The lowest BCUT2D eigenvalue weighted by Gasteiger charge is -2.05. The summed E-state index contributed by atoms with van der Waals surface area (Å²) >= 11 is 3.16. The van der Waals surface area contributed by atoms with Crippen LogP contribution in [0.5, 0.6) is 0 Å². The largest absolute Gasteiger partial charge is 0.338 e. The quantitative estimate of drug-likeness (QED) is 0.760. The van der Waals surface area contributed by atoms with Crippen LogP contribution in [-0.4, -0.2) is 19.1 Å². The molecule has 0 unspecified atom stereocenters. The van der Waals surface area contributed by atoms with Crippen LogP contribution in [0.15, 0.2) is 11.1 Å². The molecule has 2 amide bonds. The first-order valence-corrected chi connectivity index (χ1v) is 4.83. The number of rotatable bonds is 4. The van der Waals surface area contributed by atoms with E-state index in [2.05, 4.69) is 33.1 Å². The summed E-state index contributed by atoms with van der Waals surface area (Å²) in [7, 11) is 0. The molecule has 0 aliphatic heterocycles. The predicted octanol–water partition coefficient (Wildman–Crippen LogP) is 1.60. The van der Waals surface area contributed by atoms with Crippen molar-refractivity contribution in [3.63, 3.8) is 0 Å². The van der Waals surface area contributed by atoms with Gasteiger partial charge in [0.15, 0.2) is 0 Å². The smallest absolute Gasteiger partial charge is 0.315 e. The maximum absolute atomic E-state index is 11.0. The average Bonchev–Trinajstić information content (AvgIpc) is 2.80. The van der Waals surface area contributed by atoms with Crippen molar-refractivity contribution in [2.75, 3.05) is 13.1 Å². The van der Waals surface area contributed by atoms with Gasteiger partial charge in [0.1, 0.15) is 0 Å². The molecule has 0 aromatic rings. The van der Waals surface area contributed by atoms with Crippen LogP contribution in [0.3, 0.4) is 0 Å². The lowest BCUT2D eigenvalue weighted by atomic mass is 10.4. The SMILES string of the molecule is C=C(Br)CNC(=O)NCC1CC1. The average molecular weight is 233 g/mol. The van der Waals surface area contributed by atoms with E-state index >= 15 is 0 Å². The zero-order valence-electron chi connectivity index (χ0n) is 6.90. The number of urea groups is 1. The Bertz CT molecular complexity index is 189. The van der Waals surface area contributed by atoms with Crippen LogP contribution in [-0.2, 0) is 0 Å². The number of halogens is 1. The van der Waals surface area contributed by atoms with Gasteiger partial charge in [0.25, 0.3) is 0 Å². The zero-order valence-corrected chi connectivity index (χ0v) is 8.49. The number of hydrogen-bond acceptors (Lipinski definition) is 1. The summed E-state index contributed by atoms with van der Waals surface area (Å²) in [5.41, 5.74) is 0. The van der Waals surface area contributed by atoms with Crippen LogP contribution in [0.4, 0.5) is 4.79 Å². The van der Waals surface area contributed by atoms with Gasteiger partial charge < -0.3 is 10.6 Å². The molecule has 1 fully saturated rings. The van der Waals surface area contributed by atoms with Gasteiger partial charge in [-0.15, -0.1) is 0 Å². The van der Waals surface area contributed by atoms with Crippen LogP contribution in [0.1, 0.15) is 12.8 Å². The van der Waals surface area contributed by atoms with Crippen LogP contribution in [0.25, 0.3) is 0 Å². The monoisotopic (exact) mass is 232 g/mol. The minimum atomic E-state index is -0.109. The van der Waals surface area contributed by atoms with E-state index in [-0.39, 0.29) is 6.03 Å². The van der Waals surface area contributed by atoms with Gasteiger partial charge in [-0.05, 0) is 18.8 Å². The Morgan fingerprint density at radius 3 is 2.67 bits per heavy atom. The van der Waals surface area contributed by atoms with E-state index < -0.39 is 0 Å². The Hall–Kier alpha value is -0.510. The first kappa shape index (κ1) is 9.58. The van der Waals surface area contributed by atoms with Gasteiger partial charge in [0.2, 0.25) is 0 Å². The van der Waals surface area contributed by atoms with Gasteiger partial charge in [-0.3, -0.25) is 0 Å². The van der Waals surface area contributed by atoms with Crippen molar-refractivity contribution in [1.82, 2.24) is 10.6 Å². The first-order valence-electron chi connectivity index (χ1n) is 4.03. The molecule has 3 nitrogen and oxygen atoms in total. The molecule has 68 valence electrons. The molecule has 12 heavy (non-hydrogen) atoms. The maximum atomic E-state index is 11.0. The number of carbonyl (C=O) groups excluding carboxylic acids is 1. The molecule has 1 aliphatic rings. The summed E-state index contributed by atoms with van der Waals surface area (Å²) in [6.07, 6.45) is 2.51. The molecule has 0 radical (unpaired) electrons. The summed E-state index contributed by atoms with van der Waals surface area (Å²) in [5.74, 6) is 0.725. The highest BCUT2D eigenvalue weighted by molar-refractivity contribution is 9.11. The van der Waals surface area contributed by atoms with E-state index in [9.17, 15) is 4.79 Å². The van der Waals surface area contributed by atoms with Gasteiger partial charge >= 0.3 is 6.03 Å². The first-order chi connectivity index (χ1) is 5.68. The highest BCUT2D eigenvalue weighted by Crippen LogP contribution is 2.27. The Morgan fingerprint density at radius 1 is 1.50 bits per heavy atom. The van der Waals surface area contributed by atoms with E-state index in [4.69, 9.17) is 0 Å². The van der Waals surface area contributed by atoms with Crippen LogP contribution in [0.2, 0.25) is 0 Å². The van der Waals surface area contributed by atoms with Crippen molar-refractivity contribution in [3.8, 4) is 0 Å². The Morgan fingerprint density at radius 2 is 2.17 bits per heavy atom. The fraction of sp³-hybridized carbons (Fsp3) is 0.625. The van der Waals surface area contributed by atoms with Crippen molar-refractivity contribution in [3.05, 3.63) is 11.1 Å². The Labute approximate surface area is 80.7 Å². The van der Waals surface area contributed by atoms with Crippen LogP contribution < -0.4 is 10.6 Å². The zero-order chi connectivity index (χ0) is 8.97. The molecule has 0 bridgehead atoms. The fourth-order valence-corrected chi connectivity index (χ4v) is 0.938. The molecule has 1 rings (SSSR count). The third kappa shape index (κ3) is 4.38. The van der Waals surface area contributed by atoms with Gasteiger partial charge in [-0.2, -0.15) is 0 Å². The normalized spacial score (nSPS) is 15.4. The van der Waals surface area contributed by atoms with Gasteiger partial charge in [-0.25, -0.2) is 4.79 Å². The Balaban J connectivity index is 1.98. The molecule has 4 heteroatoms.